The van der Waals surface area contributed by atoms with Gasteiger partial charge in [0.15, 0.2) is 0 Å². The van der Waals surface area contributed by atoms with Crippen LogP contribution in [0.25, 0.3) is 10.9 Å². The Morgan fingerprint density at radius 1 is 1.10 bits per heavy atom. The monoisotopic (exact) mass is 328 g/mol. The highest BCUT2D eigenvalue weighted by atomic mass is 79.9. The lowest BCUT2D eigenvalue weighted by Crippen LogP contribution is -2.28. The Labute approximate surface area is 125 Å². The molecule has 5 heteroatoms. The summed E-state index contributed by atoms with van der Waals surface area (Å²) in [5.74, 6) is 5.72. The summed E-state index contributed by atoms with van der Waals surface area (Å²) in [5, 5.41) is 1.09. The number of rotatable bonds is 3. The minimum Gasteiger partial charge on any atom is -0.271 e. The van der Waals surface area contributed by atoms with E-state index < -0.39 is 0 Å². The molecule has 2 aromatic heterocycles. The third kappa shape index (κ3) is 2.56. The van der Waals surface area contributed by atoms with Crippen LogP contribution in [0.4, 0.5) is 0 Å². The number of benzene rings is 1. The molecule has 0 bridgehead atoms. The summed E-state index contributed by atoms with van der Waals surface area (Å²) in [7, 11) is 0. The quantitative estimate of drug-likeness (QED) is 0.573. The van der Waals surface area contributed by atoms with Crippen LogP contribution in [0.1, 0.15) is 17.2 Å². The molecule has 2 heterocycles. The summed E-state index contributed by atoms with van der Waals surface area (Å²) in [6.45, 7) is 0. The minimum atomic E-state index is -0.107. The first-order valence-electron chi connectivity index (χ1n) is 6.19. The number of nitrogens with one attached hydrogen (secondary N) is 1. The van der Waals surface area contributed by atoms with Crippen LogP contribution >= 0.6 is 15.9 Å². The van der Waals surface area contributed by atoms with E-state index in [9.17, 15) is 0 Å². The average molecular weight is 329 g/mol. The van der Waals surface area contributed by atoms with E-state index in [-0.39, 0.29) is 6.04 Å². The molecule has 0 aliphatic heterocycles. The van der Waals surface area contributed by atoms with Crippen LogP contribution in [0, 0.1) is 0 Å². The van der Waals surface area contributed by atoms with Crippen LogP contribution < -0.4 is 11.3 Å². The number of aromatic nitrogens is 2. The largest absolute Gasteiger partial charge is 0.271 e. The molecule has 100 valence electrons. The molecule has 4 nitrogen and oxygen atoms in total. The molecule has 0 saturated carbocycles. The maximum atomic E-state index is 5.72. The topological polar surface area (TPSA) is 63.8 Å². The molecule has 3 aromatic rings. The van der Waals surface area contributed by atoms with Gasteiger partial charge in [-0.25, -0.2) is 5.43 Å². The molecule has 0 amide bonds. The van der Waals surface area contributed by atoms with Gasteiger partial charge < -0.3 is 0 Å². The summed E-state index contributed by atoms with van der Waals surface area (Å²) >= 11 is 3.43. The van der Waals surface area contributed by atoms with Crippen molar-refractivity contribution in [1.29, 1.82) is 0 Å². The molecule has 0 fully saturated rings. The Hall–Kier alpha value is -1.82. The van der Waals surface area contributed by atoms with Crippen molar-refractivity contribution >= 4 is 26.8 Å². The van der Waals surface area contributed by atoms with Crippen molar-refractivity contribution in [2.24, 2.45) is 5.84 Å². The number of hydrazine groups is 1. The Bertz CT molecular complexity index is 745. The summed E-state index contributed by atoms with van der Waals surface area (Å²) in [6.07, 6.45) is 5.35. The molecular weight excluding hydrogens is 316 g/mol. The number of nitrogens with two attached hydrogens (primary N) is 1. The molecule has 1 aromatic carbocycles. The Kier molecular flexibility index (Phi) is 3.73. The van der Waals surface area contributed by atoms with Gasteiger partial charge in [0, 0.05) is 28.4 Å². The second kappa shape index (κ2) is 5.66. The lowest BCUT2D eigenvalue weighted by molar-refractivity contribution is 0.635. The second-order valence-electron chi connectivity index (χ2n) is 4.49. The first kappa shape index (κ1) is 13.2. The van der Waals surface area contributed by atoms with Crippen LogP contribution in [0.2, 0.25) is 0 Å². The first-order chi connectivity index (χ1) is 9.78. The zero-order chi connectivity index (χ0) is 13.9. The van der Waals surface area contributed by atoms with Crippen molar-refractivity contribution < 1.29 is 0 Å². The van der Waals surface area contributed by atoms with Gasteiger partial charge in [-0.1, -0.05) is 12.1 Å². The molecule has 1 unspecified atom stereocenters. The third-order valence-electron chi connectivity index (χ3n) is 3.19. The van der Waals surface area contributed by atoms with Gasteiger partial charge in [0.25, 0.3) is 0 Å². The smallest absolute Gasteiger partial charge is 0.0725 e. The number of nitrogens with zero attached hydrogens (tertiary/aromatic N) is 2. The molecule has 0 saturated heterocycles. The number of fused-ring (bicyclic) bond motifs is 1. The van der Waals surface area contributed by atoms with Crippen molar-refractivity contribution in [2.45, 2.75) is 6.04 Å². The van der Waals surface area contributed by atoms with Gasteiger partial charge in [-0.2, -0.15) is 0 Å². The van der Waals surface area contributed by atoms with Gasteiger partial charge in [0.05, 0.1) is 11.6 Å². The zero-order valence-electron chi connectivity index (χ0n) is 10.6. The molecule has 3 N–H and O–H groups in total. The lowest BCUT2D eigenvalue weighted by atomic mass is 9.99. The van der Waals surface area contributed by atoms with E-state index >= 15 is 0 Å². The van der Waals surface area contributed by atoms with Crippen molar-refractivity contribution in [3.05, 3.63) is 70.6 Å². The van der Waals surface area contributed by atoms with E-state index in [1.807, 2.05) is 36.5 Å². The molecule has 0 aliphatic carbocycles. The van der Waals surface area contributed by atoms with Crippen molar-refractivity contribution in [3.8, 4) is 0 Å². The Morgan fingerprint density at radius 2 is 2.00 bits per heavy atom. The lowest BCUT2D eigenvalue weighted by Gasteiger charge is -2.17. The van der Waals surface area contributed by atoms with E-state index in [1.165, 1.54) is 0 Å². The minimum absolute atomic E-state index is 0.107. The highest BCUT2D eigenvalue weighted by molar-refractivity contribution is 9.10. The molecular formula is C15H13BrN4. The van der Waals surface area contributed by atoms with Crippen LogP contribution in [-0.2, 0) is 0 Å². The number of halogens is 1. The molecule has 0 spiro atoms. The molecule has 1 atom stereocenters. The molecule has 20 heavy (non-hydrogen) atoms. The van der Waals surface area contributed by atoms with Crippen molar-refractivity contribution in [1.82, 2.24) is 15.4 Å². The fourth-order valence-corrected chi connectivity index (χ4v) is 2.63. The highest BCUT2D eigenvalue weighted by Crippen LogP contribution is 2.25. The molecule has 3 rings (SSSR count). The van der Waals surface area contributed by atoms with Gasteiger partial charge >= 0.3 is 0 Å². The van der Waals surface area contributed by atoms with E-state index in [2.05, 4.69) is 37.4 Å². The van der Waals surface area contributed by atoms with Crippen molar-refractivity contribution in [2.75, 3.05) is 0 Å². The maximum absolute atomic E-state index is 5.72. The zero-order valence-corrected chi connectivity index (χ0v) is 12.2. The Morgan fingerprint density at radius 3 is 2.80 bits per heavy atom. The van der Waals surface area contributed by atoms with Gasteiger partial charge in [0.1, 0.15) is 0 Å². The fraction of sp³-hybridized carbons (Fsp3) is 0.0667. The van der Waals surface area contributed by atoms with Crippen LogP contribution in [0.3, 0.4) is 0 Å². The number of hydrogen-bond acceptors (Lipinski definition) is 4. The molecule has 0 aliphatic rings. The summed E-state index contributed by atoms with van der Waals surface area (Å²) in [5.41, 5.74) is 5.90. The third-order valence-corrected chi connectivity index (χ3v) is 3.62. The summed E-state index contributed by atoms with van der Waals surface area (Å²) in [6, 6.07) is 12.0. The highest BCUT2D eigenvalue weighted by Gasteiger charge is 2.13. The van der Waals surface area contributed by atoms with E-state index in [1.54, 1.807) is 12.4 Å². The standard InChI is InChI=1S/C15H13BrN4/c16-13-7-12(8-18-9-13)15(20-17)11-3-4-14-10(6-11)2-1-5-19-14/h1-9,15,20H,17H2. The van der Waals surface area contributed by atoms with Crippen LogP contribution in [0.5, 0.6) is 0 Å². The van der Waals surface area contributed by atoms with Crippen molar-refractivity contribution in [3.63, 3.8) is 0 Å². The number of hydrogen-bond donors (Lipinski definition) is 2. The maximum Gasteiger partial charge on any atom is 0.0725 e. The summed E-state index contributed by atoms with van der Waals surface area (Å²) in [4.78, 5) is 8.51. The van der Waals surface area contributed by atoms with E-state index in [4.69, 9.17) is 5.84 Å². The Balaban J connectivity index is 2.07. The predicted molar refractivity (Wildman–Crippen MR) is 82.8 cm³/mol. The SMILES string of the molecule is NNC(c1cncc(Br)c1)c1ccc2ncccc2c1. The van der Waals surface area contributed by atoms with Crippen LogP contribution in [0.15, 0.2) is 59.5 Å². The van der Waals surface area contributed by atoms with Gasteiger partial charge in [-0.05, 0) is 51.3 Å². The van der Waals surface area contributed by atoms with Crippen LogP contribution in [-0.4, -0.2) is 9.97 Å². The van der Waals surface area contributed by atoms with E-state index in [0.29, 0.717) is 0 Å². The van der Waals surface area contributed by atoms with Gasteiger partial charge in [0.2, 0.25) is 0 Å². The predicted octanol–water partition coefficient (Wildman–Crippen LogP) is 2.95. The normalized spacial score (nSPS) is 12.5. The average Bonchev–Trinajstić information content (AvgIpc) is 2.48. The summed E-state index contributed by atoms with van der Waals surface area (Å²) < 4.78 is 0.928. The number of pyridine rings is 2. The molecule has 0 radical (unpaired) electrons. The first-order valence-corrected chi connectivity index (χ1v) is 6.98. The van der Waals surface area contributed by atoms with Gasteiger partial charge in [-0.3, -0.25) is 15.8 Å². The van der Waals surface area contributed by atoms with Gasteiger partial charge in [-0.15, -0.1) is 0 Å². The fourth-order valence-electron chi connectivity index (χ4n) is 2.24. The second-order valence-corrected chi connectivity index (χ2v) is 5.41. The van der Waals surface area contributed by atoms with E-state index in [0.717, 1.165) is 26.5 Å².